The summed E-state index contributed by atoms with van der Waals surface area (Å²) in [6.45, 7) is 9.27. The number of aryl methyl sites for hydroxylation is 1. The molecule has 1 aromatic carbocycles. The second kappa shape index (κ2) is 7.14. The number of rotatable bonds is 5. The predicted molar refractivity (Wildman–Crippen MR) is 91.7 cm³/mol. The lowest BCUT2D eigenvalue weighted by Gasteiger charge is -2.17. The van der Waals surface area contributed by atoms with Crippen LogP contribution in [0.4, 0.5) is 11.4 Å². The van der Waals surface area contributed by atoms with Crippen LogP contribution in [0, 0.1) is 17.9 Å². The number of hydrogen-bond donors (Lipinski definition) is 2. The third kappa shape index (κ3) is 4.80. The number of halogens is 1. The van der Waals surface area contributed by atoms with E-state index < -0.39 is 0 Å². The molecule has 0 aliphatic carbocycles. The summed E-state index contributed by atoms with van der Waals surface area (Å²) >= 11 is 3.48. The van der Waals surface area contributed by atoms with Gasteiger partial charge in [-0.3, -0.25) is 0 Å². The normalized spacial score (nSPS) is 11.3. The number of nitrogens with one attached hydrogen (secondary N) is 1. The summed E-state index contributed by atoms with van der Waals surface area (Å²) in [7, 11) is 0. The maximum Gasteiger partial charge on any atom is 0.238 e. The van der Waals surface area contributed by atoms with Gasteiger partial charge >= 0.3 is 0 Å². The Kier molecular flexibility index (Phi) is 5.43. The number of quaternary nitrogens is 1. The van der Waals surface area contributed by atoms with Crippen LogP contribution in [-0.2, 0) is 0 Å². The van der Waals surface area contributed by atoms with Gasteiger partial charge in [-0.1, -0.05) is 20.8 Å². The van der Waals surface area contributed by atoms with Gasteiger partial charge < -0.3 is 10.1 Å². The van der Waals surface area contributed by atoms with Crippen molar-refractivity contribution in [2.45, 2.75) is 27.7 Å². The minimum Gasteiger partial charge on any atom is -0.436 e. The van der Waals surface area contributed by atoms with Crippen LogP contribution in [-0.4, -0.2) is 16.7 Å². The van der Waals surface area contributed by atoms with Gasteiger partial charge in [0, 0.05) is 17.5 Å². The molecule has 2 aromatic rings. The lowest BCUT2D eigenvalue weighted by atomic mass is 9.97. The van der Waals surface area contributed by atoms with Crippen molar-refractivity contribution >= 4 is 27.3 Å². The number of nitrogens with two attached hydrogens (primary N) is 1. The van der Waals surface area contributed by atoms with Crippen molar-refractivity contribution in [1.29, 1.82) is 5.53 Å². The highest BCUT2D eigenvalue weighted by atomic mass is 79.9. The Morgan fingerprint density at radius 2 is 1.96 bits per heavy atom. The fourth-order valence-corrected chi connectivity index (χ4v) is 2.42. The molecule has 0 amide bonds. The van der Waals surface area contributed by atoms with E-state index in [-0.39, 0.29) is 5.41 Å². The second-order valence-electron chi connectivity index (χ2n) is 6.51. The number of nitrogens with zero attached hydrogens (tertiary/aromatic N) is 3. The average molecular weight is 379 g/mol. The van der Waals surface area contributed by atoms with Crippen molar-refractivity contribution in [1.82, 2.24) is 10.2 Å². The third-order valence-electron chi connectivity index (χ3n) is 3.15. The van der Waals surface area contributed by atoms with Gasteiger partial charge in [-0.25, -0.2) is 5.53 Å². The largest absolute Gasteiger partial charge is 0.436 e. The molecule has 1 heterocycles. The summed E-state index contributed by atoms with van der Waals surface area (Å²) in [5.74, 6) is 0.959. The fraction of sp³-hybridized carbons (Fsp3) is 0.375. The smallest absolute Gasteiger partial charge is 0.238 e. The standard InChI is InChI=1S/C16H20BrN5O/c1-10-5-8-13(22-21-10)23-12-7-6-11(15(20-18)14(12)17)19-9-16(2,3)4/h5-8,18-19H,9H2,1-4H3/p+1. The van der Waals surface area contributed by atoms with Crippen LogP contribution in [0.3, 0.4) is 0 Å². The molecule has 3 N–H and O–H groups in total. The zero-order chi connectivity index (χ0) is 17.0. The van der Waals surface area contributed by atoms with Crippen molar-refractivity contribution in [2.75, 3.05) is 6.54 Å². The van der Waals surface area contributed by atoms with Crippen molar-refractivity contribution < 1.29 is 10.1 Å². The first-order valence-corrected chi connectivity index (χ1v) is 8.11. The summed E-state index contributed by atoms with van der Waals surface area (Å²) in [6.07, 6.45) is 0. The Labute approximate surface area is 144 Å². The summed E-state index contributed by atoms with van der Waals surface area (Å²) in [4.78, 5) is 0. The lowest BCUT2D eigenvalue weighted by Crippen LogP contribution is -2.80. The second-order valence-corrected chi connectivity index (χ2v) is 7.30. The molecule has 6 nitrogen and oxygen atoms in total. The molecule has 7 heteroatoms. The Bertz CT molecular complexity index is 695. The highest BCUT2D eigenvalue weighted by Gasteiger charge is 2.19. The monoisotopic (exact) mass is 378 g/mol. The van der Waals surface area contributed by atoms with Crippen LogP contribution in [0.5, 0.6) is 11.6 Å². The van der Waals surface area contributed by atoms with Gasteiger partial charge in [-0.2, -0.15) is 10.2 Å². The first-order valence-electron chi connectivity index (χ1n) is 7.31. The first-order chi connectivity index (χ1) is 10.8. The molecule has 0 aliphatic heterocycles. The molecule has 23 heavy (non-hydrogen) atoms. The molecule has 1 aromatic heterocycles. The van der Waals surface area contributed by atoms with Gasteiger partial charge in [0.1, 0.15) is 5.75 Å². The van der Waals surface area contributed by atoms with E-state index in [2.05, 4.69) is 57.3 Å². The minimum absolute atomic E-state index is 0.179. The van der Waals surface area contributed by atoms with E-state index in [1.165, 1.54) is 0 Å². The van der Waals surface area contributed by atoms with Gasteiger partial charge in [0.2, 0.25) is 5.88 Å². The molecule has 0 saturated heterocycles. The number of benzene rings is 1. The summed E-state index contributed by atoms with van der Waals surface area (Å²) in [6, 6.07) is 7.33. The van der Waals surface area contributed by atoms with Crippen molar-refractivity contribution in [3.63, 3.8) is 0 Å². The van der Waals surface area contributed by atoms with Crippen LogP contribution >= 0.6 is 15.9 Å². The lowest BCUT2D eigenvalue weighted by molar-refractivity contribution is -0.583. The Morgan fingerprint density at radius 1 is 1.22 bits per heavy atom. The molecule has 122 valence electrons. The average Bonchev–Trinajstić information content (AvgIpc) is 2.49. The molecule has 0 spiro atoms. The maximum absolute atomic E-state index is 7.46. The van der Waals surface area contributed by atoms with Crippen molar-refractivity contribution in [3.8, 4) is 11.6 Å². The SMILES string of the molecule is Cc1ccc(Oc2ccc([NH2+]CC(C)(C)C)c(N=N)c2Br)nn1. The van der Waals surface area contributed by atoms with Crippen LogP contribution in [0.15, 0.2) is 33.9 Å². The molecule has 0 saturated carbocycles. The van der Waals surface area contributed by atoms with Gasteiger partial charge in [-0.05, 0) is 35.0 Å². The van der Waals surface area contributed by atoms with Gasteiger partial charge in [-0.15, -0.1) is 5.10 Å². The molecule has 2 rings (SSSR count). The zero-order valence-electron chi connectivity index (χ0n) is 13.7. The minimum atomic E-state index is 0.179. The molecule has 0 fully saturated rings. The molecule has 0 atom stereocenters. The number of ether oxygens (including phenoxy) is 1. The van der Waals surface area contributed by atoms with E-state index in [0.717, 1.165) is 17.9 Å². The van der Waals surface area contributed by atoms with E-state index in [4.69, 9.17) is 10.3 Å². The van der Waals surface area contributed by atoms with E-state index in [1.807, 2.05) is 25.1 Å². The molecule has 0 radical (unpaired) electrons. The first kappa shape index (κ1) is 17.5. The zero-order valence-corrected chi connectivity index (χ0v) is 15.3. The maximum atomic E-state index is 7.46. The highest BCUT2D eigenvalue weighted by Crippen LogP contribution is 2.40. The van der Waals surface area contributed by atoms with Crippen LogP contribution < -0.4 is 10.1 Å². The quantitative estimate of drug-likeness (QED) is 0.602. The van der Waals surface area contributed by atoms with Crippen LogP contribution in [0.25, 0.3) is 0 Å². The third-order valence-corrected chi connectivity index (χ3v) is 3.91. The molecular formula is C16H21BrN5O+. The van der Waals surface area contributed by atoms with Gasteiger partial charge in [0.15, 0.2) is 11.4 Å². The summed E-state index contributed by atoms with van der Waals surface area (Å²) < 4.78 is 6.37. The van der Waals surface area contributed by atoms with E-state index >= 15 is 0 Å². The summed E-state index contributed by atoms with van der Waals surface area (Å²) in [5, 5.41) is 13.7. The highest BCUT2D eigenvalue weighted by molar-refractivity contribution is 9.10. The van der Waals surface area contributed by atoms with Crippen molar-refractivity contribution in [2.24, 2.45) is 10.5 Å². The van der Waals surface area contributed by atoms with Crippen LogP contribution in [0.2, 0.25) is 0 Å². The Morgan fingerprint density at radius 3 is 2.52 bits per heavy atom. The van der Waals surface area contributed by atoms with E-state index in [9.17, 15) is 0 Å². The fourth-order valence-electron chi connectivity index (χ4n) is 1.89. The Balaban J connectivity index is 2.25. The Hall–Kier alpha value is -1.86. The van der Waals surface area contributed by atoms with Crippen LogP contribution in [0.1, 0.15) is 26.5 Å². The predicted octanol–water partition coefficient (Wildman–Crippen LogP) is 4.24. The topological polar surface area (TPSA) is 87.8 Å². The van der Waals surface area contributed by atoms with Gasteiger partial charge in [0.05, 0.1) is 16.7 Å². The van der Waals surface area contributed by atoms with Gasteiger partial charge in [0.25, 0.3) is 0 Å². The molecular weight excluding hydrogens is 358 g/mol. The summed E-state index contributed by atoms with van der Waals surface area (Å²) in [5.41, 5.74) is 9.91. The molecule has 0 unspecified atom stereocenters. The van der Waals surface area contributed by atoms with Crippen molar-refractivity contribution in [3.05, 3.63) is 34.4 Å². The number of hydrogen-bond acceptors (Lipinski definition) is 5. The van der Waals surface area contributed by atoms with E-state index in [0.29, 0.717) is 21.8 Å². The number of aromatic nitrogens is 2. The molecule has 0 bridgehead atoms. The molecule has 0 aliphatic rings. The van der Waals surface area contributed by atoms with E-state index in [1.54, 1.807) is 6.07 Å².